The molecule has 0 spiro atoms. The van der Waals surface area contributed by atoms with Crippen LogP contribution in [0.1, 0.15) is 34.5 Å². The van der Waals surface area contributed by atoms with Crippen LogP contribution < -0.4 is 0 Å². The quantitative estimate of drug-likeness (QED) is 0.813. The first-order valence-electron chi connectivity index (χ1n) is 9.89. The highest BCUT2D eigenvalue weighted by Crippen LogP contribution is 2.38. The summed E-state index contributed by atoms with van der Waals surface area (Å²) in [6, 6.07) is 5.91. The van der Waals surface area contributed by atoms with Crippen molar-refractivity contribution < 1.29 is 9.59 Å². The van der Waals surface area contributed by atoms with Gasteiger partial charge in [-0.2, -0.15) is 5.10 Å². The number of hydrazone groups is 1. The van der Waals surface area contributed by atoms with Crippen LogP contribution in [-0.2, 0) is 17.9 Å². The van der Waals surface area contributed by atoms with Gasteiger partial charge in [-0.1, -0.05) is 6.07 Å². The van der Waals surface area contributed by atoms with Crippen molar-refractivity contribution in [3.05, 3.63) is 35.0 Å². The predicted octanol–water partition coefficient (Wildman–Crippen LogP) is 1.74. The number of aromatic nitrogens is 1. The Bertz CT molecular complexity index is 1030. The molecule has 1 fully saturated rings. The van der Waals surface area contributed by atoms with Gasteiger partial charge in [0, 0.05) is 48.2 Å². The van der Waals surface area contributed by atoms with E-state index in [2.05, 4.69) is 34.7 Å². The number of carbonyl (C=O) groups excluding carboxylic acids is 2. The first-order valence-corrected chi connectivity index (χ1v) is 9.89. The van der Waals surface area contributed by atoms with Gasteiger partial charge in [0.15, 0.2) is 0 Å². The fourth-order valence-corrected chi connectivity index (χ4v) is 4.38. The Kier molecular flexibility index (Phi) is 3.84. The van der Waals surface area contributed by atoms with Crippen molar-refractivity contribution in [1.29, 1.82) is 0 Å². The molecule has 0 atom stereocenters. The fourth-order valence-electron chi connectivity index (χ4n) is 4.38. The molecule has 0 radical (unpaired) electrons. The molecule has 1 aromatic carbocycles. The van der Waals surface area contributed by atoms with Crippen molar-refractivity contribution in [3.63, 3.8) is 0 Å². The minimum Gasteiger partial charge on any atom is -0.341 e. The number of likely N-dealkylation sites (N-methyl/N-ethyl adjacent to an activating group) is 1. The Balaban J connectivity index is 1.73. The number of amides is 2. The van der Waals surface area contributed by atoms with Crippen molar-refractivity contribution in [2.24, 2.45) is 11.0 Å². The molecule has 5 rings (SSSR count). The lowest BCUT2D eigenvalue weighted by Crippen LogP contribution is -2.41. The molecule has 7 nitrogen and oxygen atoms in total. The average Bonchev–Trinajstić information content (AvgIpc) is 3.47. The summed E-state index contributed by atoms with van der Waals surface area (Å²) in [5, 5.41) is 7.04. The smallest absolute Gasteiger partial charge is 0.274 e. The van der Waals surface area contributed by atoms with Gasteiger partial charge in [-0.3, -0.25) is 9.59 Å². The third-order valence-electron chi connectivity index (χ3n) is 5.97. The van der Waals surface area contributed by atoms with Crippen LogP contribution in [0, 0.1) is 5.92 Å². The summed E-state index contributed by atoms with van der Waals surface area (Å²) in [7, 11) is 5.81. The van der Waals surface area contributed by atoms with Crippen LogP contribution in [0.3, 0.4) is 0 Å². The number of carbonyl (C=O) groups is 2. The van der Waals surface area contributed by atoms with E-state index in [0.717, 1.165) is 53.8 Å². The highest BCUT2D eigenvalue weighted by Gasteiger charge is 2.39. The van der Waals surface area contributed by atoms with E-state index < -0.39 is 0 Å². The van der Waals surface area contributed by atoms with Crippen LogP contribution in [0.15, 0.2) is 23.3 Å². The zero-order valence-electron chi connectivity index (χ0n) is 16.6. The van der Waals surface area contributed by atoms with Crippen molar-refractivity contribution in [1.82, 2.24) is 19.4 Å². The molecule has 3 heterocycles. The summed E-state index contributed by atoms with van der Waals surface area (Å²) in [5.74, 6) is 0.291. The lowest BCUT2D eigenvalue weighted by molar-refractivity contribution is -0.132. The normalized spacial score (nSPS) is 18.7. The maximum atomic E-state index is 12.9. The van der Waals surface area contributed by atoms with Gasteiger partial charge in [0.1, 0.15) is 0 Å². The molecule has 2 aliphatic heterocycles. The molecule has 2 amide bonds. The topological polar surface area (TPSA) is 61.2 Å². The van der Waals surface area contributed by atoms with Crippen LogP contribution in [0.4, 0.5) is 0 Å². The van der Waals surface area contributed by atoms with Crippen LogP contribution in [0.25, 0.3) is 10.9 Å². The largest absolute Gasteiger partial charge is 0.341 e. The highest BCUT2D eigenvalue weighted by molar-refractivity contribution is 6.21. The zero-order chi connectivity index (χ0) is 19.6. The molecule has 1 saturated carbocycles. The lowest BCUT2D eigenvalue weighted by atomic mass is 9.98. The van der Waals surface area contributed by atoms with Gasteiger partial charge in [0.2, 0.25) is 5.91 Å². The number of benzene rings is 1. The van der Waals surface area contributed by atoms with Gasteiger partial charge >= 0.3 is 0 Å². The van der Waals surface area contributed by atoms with E-state index in [-0.39, 0.29) is 17.7 Å². The second-order valence-electron chi connectivity index (χ2n) is 8.32. The molecule has 0 unspecified atom stereocenters. The van der Waals surface area contributed by atoms with E-state index in [1.54, 1.807) is 7.05 Å². The van der Waals surface area contributed by atoms with Gasteiger partial charge in [0.05, 0.1) is 24.4 Å². The first kappa shape index (κ1) is 17.4. The molecular formula is C21H25N5O2. The number of nitrogens with zero attached hydrogens (tertiary/aromatic N) is 5. The highest BCUT2D eigenvalue weighted by atomic mass is 16.2. The minimum absolute atomic E-state index is 0.0971. The number of hydrogen-bond acceptors (Lipinski definition) is 4. The van der Waals surface area contributed by atoms with Crippen molar-refractivity contribution in [2.75, 3.05) is 34.2 Å². The zero-order valence-corrected chi connectivity index (χ0v) is 16.6. The Morgan fingerprint density at radius 3 is 2.75 bits per heavy atom. The van der Waals surface area contributed by atoms with Gasteiger partial charge < -0.3 is 14.4 Å². The molecule has 3 aliphatic rings. The minimum atomic E-state index is -0.0971. The molecule has 146 valence electrons. The van der Waals surface area contributed by atoms with Crippen LogP contribution in [0.5, 0.6) is 0 Å². The van der Waals surface area contributed by atoms with Gasteiger partial charge in [0.25, 0.3) is 5.91 Å². The maximum Gasteiger partial charge on any atom is 0.274 e. The number of hydrogen-bond donors (Lipinski definition) is 0. The molecule has 7 heteroatoms. The Hall–Kier alpha value is -2.67. The van der Waals surface area contributed by atoms with Crippen molar-refractivity contribution in [2.45, 2.75) is 25.9 Å². The molecule has 0 N–H and O–H groups in total. The average molecular weight is 379 g/mol. The summed E-state index contributed by atoms with van der Waals surface area (Å²) in [6.45, 7) is 2.76. The second kappa shape index (κ2) is 6.17. The summed E-state index contributed by atoms with van der Waals surface area (Å²) in [4.78, 5) is 29.9. The van der Waals surface area contributed by atoms with E-state index in [0.29, 0.717) is 18.7 Å². The predicted molar refractivity (Wildman–Crippen MR) is 107 cm³/mol. The molecule has 2 aromatic rings. The van der Waals surface area contributed by atoms with Crippen LogP contribution >= 0.6 is 0 Å². The van der Waals surface area contributed by atoms with Crippen molar-refractivity contribution in [3.8, 4) is 0 Å². The summed E-state index contributed by atoms with van der Waals surface area (Å²) >= 11 is 0. The Morgan fingerprint density at radius 2 is 2.04 bits per heavy atom. The van der Waals surface area contributed by atoms with Gasteiger partial charge in [-0.25, -0.2) is 5.01 Å². The molecule has 28 heavy (non-hydrogen) atoms. The third-order valence-corrected chi connectivity index (χ3v) is 5.97. The Labute approximate surface area is 164 Å². The fraction of sp³-hybridized carbons (Fsp3) is 0.476. The number of rotatable bonds is 4. The van der Waals surface area contributed by atoms with E-state index in [1.807, 2.05) is 17.0 Å². The molecule has 1 aliphatic carbocycles. The lowest BCUT2D eigenvalue weighted by Gasteiger charge is -2.30. The molecular weight excluding hydrogens is 354 g/mol. The maximum absolute atomic E-state index is 12.9. The Morgan fingerprint density at radius 1 is 1.25 bits per heavy atom. The molecule has 1 aromatic heterocycles. The SMILES string of the molecule is CN(C)CCn1c2c3c4c(cccc41)C(=O)N(C)N=C3CN(C(=O)C1CC1)C2. The molecule has 0 bridgehead atoms. The van der Waals surface area contributed by atoms with Crippen molar-refractivity contribution >= 4 is 28.4 Å². The third kappa shape index (κ3) is 2.57. The summed E-state index contributed by atoms with van der Waals surface area (Å²) in [6.07, 6.45) is 1.97. The van der Waals surface area contributed by atoms with Gasteiger partial charge in [-0.05, 0) is 39.1 Å². The van der Waals surface area contributed by atoms with E-state index in [1.165, 1.54) is 5.01 Å². The second-order valence-corrected chi connectivity index (χ2v) is 8.32. The van der Waals surface area contributed by atoms with E-state index in [9.17, 15) is 9.59 Å². The summed E-state index contributed by atoms with van der Waals surface area (Å²) in [5.41, 5.74) is 4.74. The monoisotopic (exact) mass is 379 g/mol. The first-order chi connectivity index (χ1) is 13.5. The van der Waals surface area contributed by atoms with Crippen LogP contribution in [-0.4, -0.2) is 71.1 Å². The van der Waals surface area contributed by atoms with Crippen LogP contribution in [0.2, 0.25) is 0 Å². The summed E-state index contributed by atoms with van der Waals surface area (Å²) < 4.78 is 2.29. The molecule has 0 saturated heterocycles. The standard InChI is InChI=1S/C21H25N5O2/c1-23(2)9-10-26-16-6-4-5-14-18(16)19-15(22-24(3)21(14)28)11-25(12-17(19)26)20(27)13-7-8-13/h4-6,13H,7-12H2,1-3H3. The van der Waals surface area contributed by atoms with E-state index >= 15 is 0 Å². The van der Waals surface area contributed by atoms with E-state index in [4.69, 9.17) is 0 Å². The van der Waals surface area contributed by atoms with Gasteiger partial charge in [-0.15, -0.1) is 0 Å².